The third kappa shape index (κ3) is 74.0. The zero-order valence-electron chi connectivity index (χ0n) is 7.92. The summed E-state index contributed by atoms with van der Waals surface area (Å²) in [4.78, 5) is 0. The number of hydrogen-bond donors (Lipinski definition) is 2. The fourth-order valence-corrected chi connectivity index (χ4v) is 0.289. The highest BCUT2D eigenvalue weighted by Crippen LogP contribution is 1.88. The van der Waals surface area contributed by atoms with Crippen molar-refractivity contribution in [3.8, 4) is 0 Å². The van der Waals surface area contributed by atoms with Crippen LogP contribution in [0.4, 0.5) is 0 Å². The van der Waals surface area contributed by atoms with E-state index >= 15 is 0 Å². The Labute approximate surface area is 69.0 Å². The second kappa shape index (κ2) is 7.98. The third-order valence-corrected chi connectivity index (χ3v) is 0.553. The Bertz CT molecular complexity index is 56.2. The van der Waals surface area contributed by atoms with Crippen LogP contribution >= 0.6 is 0 Å². The monoisotopic (exact) mass is 164 g/mol. The predicted molar refractivity (Wildman–Crippen MR) is 45.3 cm³/mol. The zero-order valence-corrected chi connectivity index (χ0v) is 7.92. The molecule has 3 nitrogen and oxygen atoms in total. The summed E-state index contributed by atoms with van der Waals surface area (Å²) < 4.78 is 4.98. The van der Waals surface area contributed by atoms with E-state index in [2.05, 4.69) is 6.92 Å². The topological polar surface area (TPSA) is 49.7 Å². The predicted octanol–water partition coefficient (Wildman–Crippen LogP) is 1.14. The molecule has 0 saturated carbocycles. The summed E-state index contributed by atoms with van der Waals surface area (Å²) in [6.07, 6.45) is 1.13. The van der Waals surface area contributed by atoms with Gasteiger partial charge < -0.3 is 14.9 Å². The van der Waals surface area contributed by atoms with Gasteiger partial charge in [-0.2, -0.15) is 0 Å². The van der Waals surface area contributed by atoms with Crippen LogP contribution in [0.3, 0.4) is 0 Å². The van der Waals surface area contributed by atoms with Crippen LogP contribution in [0.5, 0.6) is 0 Å². The van der Waals surface area contributed by atoms with Crippen LogP contribution in [-0.2, 0) is 4.74 Å². The molecular weight excluding hydrogens is 144 g/mol. The molecule has 3 heteroatoms. The van der Waals surface area contributed by atoms with Crippen LogP contribution in [0.2, 0.25) is 0 Å². The SMILES string of the molecule is CC(C)(O)O.CCCOCC. The van der Waals surface area contributed by atoms with Gasteiger partial charge in [0.1, 0.15) is 0 Å². The summed E-state index contributed by atoms with van der Waals surface area (Å²) in [5, 5.41) is 16.2. The van der Waals surface area contributed by atoms with Gasteiger partial charge in [-0.05, 0) is 27.2 Å². The third-order valence-electron chi connectivity index (χ3n) is 0.553. The van der Waals surface area contributed by atoms with E-state index in [4.69, 9.17) is 14.9 Å². The van der Waals surface area contributed by atoms with E-state index in [-0.39, 0.29) is 0 Å². The molecule has 0 rings (SSSR count). The molecule has 0 heterocycles. The Morgan fingerprint density at radius 2 is 1.55 bits per heavy atom. The van der Waals surface area contributed by atoms with E-state index in [1.165, 1.54) is 13.8 Å². The molecule has 0 saturated heterocycles. The Morgan fingerprint density at radius 1 is 1.18 bits per heavy atom. The second-order valence-corrected chi connectivity index (χ2v) is 2.69. The van der Waals surface area contributed by atoms with Gasteiger partial charge >= 0.3 is 0 Å². The maximum atomic E-state index is 8.08. The van der Waals surface area contributed by atoms with E-state index in [1.807, 2.05) is 6.92 Å². The van der Waals surface area contributed by atoms with Crippen molar-refractivity contribution in [1.29, 1.82) is 0 Å². The van der Waals surface area contributed by atoms with Gasteiger partial charge in [0.25, 0.3) is 0 Å². The van der Waals surface area contributed by atoms with Crippen molar-refractivity contribution in [3.63, 3.8) is 0 Å². The lowest BCUT2D eigenvalue weighted by Crippen LogP contribution is -2.15. The molecule has 0 aliphatic rings. The summed E-state index contributed by atoms with van der Waals surface area (Å²) in [5.41, 5.74) is 0. The molecule has 2 N–H and O–H groups in total. The molecule has 0 aliphatic carbocycles. The van der Waals surface area contributed by atoms with E-state index < -0.39 is 5.79 Å². The fraction of sp³-hybridized carbons (Fsp3) is 1.00. The lowest BCUT2D eigenvalue weighted by molar-refractivity contribution is -0.127. The van der Waals surface area contributed by atoms with Crippen molar-refractivity contribution in [2.45, 2.75) is 39.9 Å². The van der Waals surface area contributed by atoms with Gasteiger partial charge in [-0.1, -0.05) is 6.92 Å². The maximum Gasteiger partial charge on any atom is 0.156 e. The van der Waals surface area contributed by atoms with E-state index in [1.54, 1.807) is 0 Å². The number of ether oxygens (including phenoxy) is 1. The molecule has 0 bridgehead atoms. The van der Waals surface area contributed by atoms with Crippen molar-refractivity contribution >= 4 is 0 Å². The molecule has 0 aliphatic heterocycles. The zero-order chi connectivity index (χ0) is 9.33. The molecule has 0 aromatic heterocycles. The lowest BCUT2D eigenvalue weighted by Gasteiger charge is -2.03. The van der Waals surface area contributed by atoms with Crippen LogP contribution in [0.15, 0.2) is 0 Å². The first kappa shape index (κ1) is 13.5. The van der Waals surface area contributed by atoms with Gasteiger partial charge in [0.15, 0.2) is 5.79 Å². The Kier molecular flexibility index (Phi) is 9.77. The molecule has 0 spiro atoms. The van der Waals surface area contributed by atoms with E-state index in [9.17, 15) is 0 Å². The molecule has 0 unspecified atom stereocenters. The molecule has 0 atom stereocenters. The minimum atomic E-state index is -1.50. The highest BCUT2D eigenvalue weighted by molar-refractivity contribution is 4.37. The first-order chi connectivity index (χ1) is 4.91. The lowest BCUT2D eigenvalue weighted by atomic mass is 10.4. The maximum absolute atomic E-state index is 8.08. The van der Waals surface area contributed by atoms with Gasteiger partial charge in [-0.3, -0.25) is 0 Å². The molecule has 0 amide bonds. The highest BCUT2D eigenvalue weighted by atomic mass is 16.5. The summed E-state index contributed by atoms with van der Waals surface area (Å²) in [7, 11) is 0. The van der Waals surface area contributed by atoms with Crippen LogP contribution in [0.25, 0.3) is 0 Å². The van der Waals surface area contributed by atoms with Gasteiger partial charge in [0, 0.05) is 13.2 Å². The molecule has 0 aromatic carbocycles. The average molecular weight is 164 g/mol. The quantitative estimate of drug-likeness (QED) is 0.486. The first-order valence-corrected chi connectivity index (χ1v) is 3.94. The van der Waals surface area contributed by atoms with Crippen molar-refractivity contribution < 1.29 is 14.9 Å². The Balaban J connectivity index is 0. The molecule has 0 aromatic rings. The summed E-state index contributed by atoms with van der Waals surface area (Å²) in [5.74, 6) is -1.50. The normalized spacial score (nSPS) is 10.4. The van der Waals surface area contributed by atoms with Crippen molar-refractivity contribution in [3.05, 3.63) is 0 Å². The van der Waals surface area contributed by atoms with Crippen molar-refractivity contribution in [2.24, 2.45) is 0 Å². The van der Waals surface area contributed by atoms with Crippen LogP contribution in [0.1, 0.15) is 34.1 Å². The molecule has 70 valence electrons. The molecule has 0 fully saturated rings. The molecule has 11 heavy (non-hydrogen) atoms. The molecule has 0 radical (unpaired) electrons. The smallest absolute Gasteiger partial charge is 0.156 e. The van der Waals surface area contributed by atoms with Gasteiger partial charge in [0.2, 0.25) is 0 Å². The minimum absolute atomic E-state index is 0.855. The van der Waals surface area contributed by atoms with Crippen molar-refractivity contribution in [2.75, 3.05) is 13.2 Å². The largest absolute Gasteiger partial charge is 0.382 e. The Morgan fingerprint density at radius 3 is 1.64 bits per heavy atom. The number of aliphatic hydroxyl groups is 2. The first-order valence-electron chi connectivity index (χ1n) is 3.94. The van der Waals surface area contributed by atoms with E-state index in [0.717, 1.165) is 19.6 Å². The highest BCUT2D eigenvalue weighted by Gasteiger charge is 2.00. The van der Waals surface area contributed by atoms with Gasteiger partial charge in [-0.25, -0.2) is 0 Å². The standard InChI is InChI=1S/C5H12O.C3H8O2/c1-3-5-6-4-2;1-3(2,4)5/h3-5H2,1-2H3;4-5H,1-2H3. The average Bonchev–Trinajstić information content (AvgIpc) is 1.79. The van der Waals surface area contributed by atoms with Crippen molar-refractivity contribution in [1.82, 2.24) is 0 Å². The van der Waals surface area contributed by atoms with Gasteiger partial charge in [0.05, 0.1) is 0 Å². The summed E-state index contributed by atoms with van der Waals surface area (Å²) >= 11 is 0. The number of rotatable bonds is 3. The second-order valence-electron chi connectivity index (χ2n) is 2.69. The summed E-state index contributed by atoms with van der Waals surface area (Å²) in [6.45, 7) is 8.48. The van der Waals surface area contributed by atoms with Crippen LogP contribution in [-0.4, -0.2) is 29.2 Å². The minimum Gasteiger partial charge on any atom is -0.382 e. The fourth-order valence-electron chi connectivity index (χ4n) is 0.289. The molecular formula is C8H20O3. The summed E-state index contributed by atoms with van der Waals surface area (Å²) in [6, 6.07) is 0. The van der Waals surface area contributed by atoms with Crippen LogP contribution < -0.4 is 0 Å². The van der Waals surface area contributed by atoms with Crippen LogP contribution in [0, 0.1) is 0 Å². The van der Waals surface area contributed by atoms with E-state index in [0.29, 0.717) is 0 Å². The Hall–Kier alpha value is -0.120. The van der Waals surface area contributed by atoms with Gasteiger partial charge in [-0.15, -0.1) is 0 Å². The number of hydrogen-bond acceptors (Lipinski definition) is 3.